The van der Waals surface area contributed by atoms with E-state index in [1.807, 2.05) is 24.3 Å². The Bertz CT molecular complexity index is 708. The van der Waals surface area contributed by atoms with Crippen LogP contribution >= 0.6 is 0 Å². The standard InChI is InChI=1S/C28H44N2O/c1-4-5-6-7-8-9-10-11-12-13-14-17-20-31-28-19-16-15-18-27(28)30-29-26-22-24(2)21-25(3)23-26/h15-16,18-19,21-23,29-30H,4-14,17,20H2,1-3H3. The Morgan fingerprint density at radius 3 is 1.81 bits per heavy atom. The van der Waals surface area contributed by atoms with Crippen molar-refractivity contribution in [3.05, 3.63) is 53.6 Å². The molecule has 2 aromatic rings. The van der Waals surface area contributed by atoms with E-state index >= 15 is 0 Å². The second-order valence-corrected chi connectivity index (χ2v) is 8.86. The summed E-state index contributed by atoms with van der Waals surface area (Å²) in [6.07, 6.45) is 16.3. The first-order valence-electron chi connectivity index (χ1n) is 12.5. The van der Waals surface area contributed by atoms with Crippen LogP contribution in [0.25, 0.3) is 0 Å². The Morgan fingerprint density at radius 2 is 1.19 bits per heavy atom. The second kappa shape index (κ2) is 15.6. The van der Waals surface area contributed by atoms with Crippen LogP contribution in [0.1, 0.15) is 95.1 Å². The fraction of sp³-hybridized carbons (Fsp3) is 0.571. The smallest absolute Gasteiger partial charge is 0.144 e. The lowest BCUT2D eigenvalue weighted by Gasteiger charge is -2.15. The summed E-state index contributed by atoms with van der Waals surface area (Å²) in [6, 6.07) is 14.6. The van der Waals surface area contributed by atoms with Crippen molar-refractivity contribution in [2.24, 2.45) is 0 Å². The molecule has 2 aromatic carbocycles. The molecule has 0 atom stereocenters. The lowest BCUT2D eigenvalue weighted by atomic mass is 10.1. The highest BCUT2D eigenvalue weighted by molar-refractivity contribution is 5.61. The molecule has 3 nitrogen and oxygen atoms in total. The monoisotopic (exact) mass is 424 g/mol. The van der Waals surface area contributed by atoms with E-state index in [0.717, 1.165) is 30.2 Å². The van der Waals surface area contributed by atoms with Gasteiger partial charge in [0.2, 0.25) is 0 Å². The van der Waals surface area contributed by atoms with E-state index in [0.29, 0.717) is 0 Å². The van der Waals surface area contributed by atoms with Gasteiger partial charge in [-0.15, -0.1) is 0 Å². The van der Waals surface area contributed by atoms with Crippen molar-refractivity contribution in [1.29, 1.82) is 0 Å². The maximum Gasteiger partial charge on any atom is 0.144 e. The van der Waals surface area contributed by atoms with Crippen molar-refractivity contribution < 1.29 is 4.74 Å². The number of hydrazine groups is 1. The van der Waals surface area contributed by atoms with E-state index in [1.54, 1.807) is 0 Å². The Labute approximate surface area is 191 Å². The molecule has 0 aliphatic heterocycles. The van der Waals surface area contributed by atoms with Crippen molar-refractivity contribution >= 4 is 11.4 Å². The van der Waals surface area contributed by atoms with Gasteiger partial charge in [0.05, 0.1) is 18.0 Å². The Hall–Kier alpha value is -2.16. The zero-order valence-corrected chi connectivity index (χ0v) is 20.1. The van der Waals surface area contributed by atoms with Crippen LogP contribution in [0.5, 0.6) is 5.75 Å². The topological polar surface area (TPSA) is 33.3 Å². The number of unbranched alkanes of at least 4 members (excludes halogenated alkanes) is 11. The Morgan fingerprint density at radius 1 is 0.645 bits per heavy atom. The molecule has 0 fully saturated rings. The van der Waals surface area contributed by atoms with Crippen LogP contribution in [-0.4, -0.2) is 6.61 Å². The van der Waals surface area contributed by atoms with Crippen molar-refractivity contribution in [3.8, 4) is 5.75 Å². The van der Waals surface area contributed by atoms with Gasteiger partial charge in [-0.3, -0.25) is 5.43 Å². The highest BCUT2D eigenvalue weighted by atomic mass is 16.5. The summed E-state index contributed by atoms with van der Waals surface area (Å²) in [7, 11) is 0. The Balaban J connectivity index is 1.56. The lowest BCUT2D eigenvalue weighted by molar-refractivity contribution is 0.305. The average Bonchev–Trinajstić information content (AvgIpc) is 2.75. The number of nitrogens with one attached hydrogen (secondary N) is 2. The summed E-state index contributed by atoms with van der Waals surface area (Å²) in [4.78, 5) is 0. The molecule has 0 aliphatic carbocycles. The number of benzene rings is 2. The summed E-state index contributed by atoms with van der Waals surface area (Å²) >= 11 is 0. The molecule has 2 rings (SSSR count). The number of hydrogen-bond donors (Lipinski definition) is 2. The largest absolute Gasteiger partial charge is 0.491 e. The first-order chi connectivity index (χ1) is 15.2. The van der Waals surface area contributed by atoms with Crippen molar-refractivity contribution in [1.82, 2.24) is 0 Å². The van der Waals surface area contributed by atoms with Crippen molar-refractivity contribution in [3.63, 3.8) is 0 Å². The van der Waals surface area contributed by atoms with Gasteiger partial charge in [-0.1, -0.05) is 95.8 Å². The molecule has 0 amide bonds. The van der Waals surface area contributed by atoms with Crippen LogP contribution in [0.4, 0.5) is 11.4 Å². The number of hydrogen-bond acceptors (Lipinski definition) is 3. The summed E-state index contributed by atoms with van der Waals surface area (Å²) in [5, 5.41) is 0. The van der Waals surface area contributed by atoms with Gasteiger partial charge in [0, 0.05) is 0 Å². The van der Waals surface area contributed by atoms with E-state index in [4.69, 9.17) is 4.74 Å². The molecular formula is C28H44N2O. The fourth-order valence-corrected chi connectivity index (χ4v) is 4.01. The molecule has 2 N–H and O–H groups in total. The minimum absolute atomic E-state index is 0.777. The van der Waals surface area contributed by atoms with E-state index in [2.05, 4.69) is 49.8 Å². The van der Waals surface area contributed by atoms with Crippen LogP contribution in [0.15, 0.2) is 42.5 Å². The first kappa shape index (κ1) is 25.1. The van der Waals surface area contributed by atoms with E-state index in [1.165, 1.54) is 81.8 Å². The number of ether oxygens (including phenoxy) is 1. The van der Waals surface area contributed by atoms with Gasteiger partial charge >= 0.3 is 0 Å². The molecule has 31 heavy (non-hydrogen) atoms. The normalized spacial score (nSPS) is 10.8. The fourth-order valence-electron chi connectivity index (χ4n) is 4.01. The molecule has 0 bridgehead atoms. The van der Waals surface area contributed by atoms with E-state index in [-0.39, 0.29) is 0 Å². The molecule has 0 unspecified atom stereocenters. The highest BCUT2D eigenvalue weighted by Crippen LogP contribution is 2.25. The van der Waals surface area contributed by atoms with Crippen molar-refractivity contribution in [2.45, 2.75) is 97.8 Å². The van der Waals surface area contributed by atoms with Crippen LogP contribution in [0.2, 0.25) is 0 Å². The summed E-state index contributed by atoms with van der Waals surface area (Å²) in [5.41, 5.74) is 11.1. The molecule has 172 valence electrons. The molecule has 0 saturated heterocycles. The maximum absolute atomic E-state index is 6.06. The second-order valence-electron chi connectivity index (χ2n) is 8.86. The number of rotatable bonds is 17. The quantitative estimate of drug-likeness (QED) is 0.196. The van der Waals surface area contributed by atoms with Gasteiger partial charge in [0.1, 0.15) is 5.75 Å². The zero-order chi connectivity index (χ0) is 22.2. The van der Waals surface area contributed by atoms with Crippen LogP contribution < -0.4 is 15.6 Å². The van der Waals surface area contributed by atoms with E-state index < -0.39 is 0 Å². The molecule has 0 radical (unpaired) electrons. The van der Waals surface area contributed by atoms with Gasteiger partial charge in [0.25, 0.3) is 0 Å². The summed E-state index contributed by atoms with van der Waals surface area (Å²) < 4.78 is 6.06. The summed E-state index contributed by atoms with van der Waals surface area (Å²) in [5.74, 6) is 0.905. The summed E-state index contributed by atoms with van der Waals surface area (Å²) in [6.45, 7) is 7.29. The number of aryl methyl sites for hydroxylation is 2. The van der Waals surface area contributed by atoms with Gasteiger partial charge in [-0.2, -0.15) is 0 Å². The third-order valence-electron chi connectivity index (χ3n) is 5.71. The highest BCUT2D eigenvalue weighted by Gasteiger charge is 2.03. The van der Waals surface area contributed by atoms with Crippen LogP contribution in [-0.2, 0) is 0 Å². The molecule has 0 heterocycles. The molecule has 0 spiro atoms. The minimum atomic E-state index is 0.777. The zero-order valence-electron chi connectivity index (χ0n) is 20.1. The van der Waals surface area contributed by atoms with Crippen LogP contribution in [0.3, 0.4) is 0 Å². The molecule has 0 aliphatic rings. The minimum Gasteiger partial charge on any atom is -0.491 e. The van der Waals surface area contributed by atoms with Gasteiger partial charge in [-0.25, -0.2) is 0 Å². The predicted molar refractivity (Wildman–Crippen MR) is 136 cm³/mol. The third kappa shape index (κ3) is 11.1. The molecule has 0 aromatic heterocycles. The predicted octanol–water partition coefficient (Wildman–Crippen LogP) is 8.82. The molecule has 0 saturated carbocycles. The third-order valence-corrected chi connectivity index (χ3v) is 5.71. The Kier molecular flexibility index (Phi) is 12.6. The van der Waals surface area contributed by atoms with Crippen molar-refractivity contribution in [2.75, 3.05) is 17.5 Å². The van der Waals surface area contributed by atoms with Gasteiger partial charge in [-0.05, 0) is 55.7 Å². The average molecular weight is 425 g/mol. The lowest BCUT2D eigenvalue weighted by Crippen LogP contribution is -2.10. The molecule has 3 heteroatoms. The first-order valence-corrected chi connectivity index (χ1v) is 12.5. The maximum atomic E-state index is 6.06. The number of para-hydroxylation sites is 2. The van der Waals surface area contributed by atoms with E-state index in [9.17, 15) is 0 Å². The molecular weight excluding hydrogens is 380 g/mol. The van der Waals surface area contributed by atoms with Gasteiger partial charge in [0.15, 0.2) is 0 Å². The SMILES string of the molecule is CCCCCCCCCCCCCCOc1ccccc1NNc1cc(C)cc(C)c1. The number of anilines is 2. The van der Waals surface area contributed by atoms with Crippen LogP contribution in [0, 0.1) is 13.8 Å². The van der Waals surface area contributed by atoms with Gasteiger partial charge < -0.3 is 10.2 Å².